The van der Waals surface area contributed by atoms with Crippen LogP contribution in [-0.4, -0.2) is 20.8 Å². The van der Waals surface area contributed by atoms with Crippen LogP contribution in [0.25, 0.3) is 0 Å². The minimum absolute atomic E-state index is 0.0675. The summed E-state index contributed by atoms with van der Waals surface area (Å²) in [6.07, 6.45) is 7.26. The maximum absolute atomic E-state index is 12.5. The molecule has 0 bridgehead atoms. The molecule has 2 heterocycles. The van der Waals surface area contributed by atoms with Crippen LogP contribution in [0.3, 0.4) is 0 Å². The van der Waals surface area contributed by atoms with Gasteiger partial charge in [-0.05, 0) is 43.7 Å². The lowest BCUT2D eigenvalue weighted by Gasteiger charge is -2.08. The lowest BCUT2D eigenvalue weighted by atomic mass is 9.99. The third-order valence-corrected chi connectivity index (χ3v) is 4.74. The van der Waals surface area contributed by atoms with Gasteiger partial charge in [0.1, 0.15) is 5.69 Å². The van der Waals surface area contributed by atoms with Crippen LogP contribution in [0.15, 0.2) is 12.3 Å². The predicted molar refractivity (Wildman–Crippen MR) is 74.7 cm³/mol. The Balaban J connectivity index is 1.91. The predicted octanol–water partition coefficient (Wildman–Crippen LogP) is 2.86. The molecule has 0 aromatic carbocycles. The Hall–Kier alpha value is -1.49. The molecule has 4 nitrogen and oxygen atoms in total. The number of ketones is 1. The molecular weight excluding hydrogens is 258 g/mol. The van der Waals surface area contributed by atoms with Crippen LogP contribution in [0.1, 0.15) is 52.0 Å². The van der Waals surface area contributed by atoms with Crippen molar-refractivity contribution in [2.24, 2.45) is 0 Å². The van der Waals surface area contributed by atoms with Crippen LogP contribution in [0, 0.1) is 0 Å². The molecule has 2 aromatic heterocycles. The van der Waals surface area contributed by atoms with Crippen molar-refractivity contribution in [3.63, 3.8) is 0 Å². The zero-order valence-corrected chi connectivity index (χ0v) is 11.9. The number of rotatable bonds is 4. The number of thiophene rings is 1. The Kier molecular flexibility index (Phi) is 3.46. The third-order valence-electron chi connectivity index (χ3n) is 3.51. The van der Waals surface area contributed by atoms with E-state index in [1.165, 1.54) is 23.3 Å². The summed E-state index contributed by atoms with van der Waals surface area (Å²) in [5.74, 6) is 0.0675. The minimum Gasteiger partial charge on any atom is -0.286 e. The summed E-state index contributed by atoms with van der Waals surface area (Å²) in [4.78, 5) is 14.8. The van der Waals surface area contributed by atoms with E-state index in [1.54, 1.807) is 22.2 Å². The zero-order valence-electron chi connectivity index (χ0n) is 11.1. The highest BCUT2D eigenvalue weighted by Gasteiger charge is 2.21. The fourth-order valence-corrected chi connectivity index (χ4v) is 3.74. The van der Waals surface area contributed by atoms with E-state index in [4.69, 9.17) is 0 Å². The van der Waals surface area contributed by atoms with Gasteiger partial charge in [-0.25, -0.2) is 4.68 Å². The van der Waals surface area contributed by atoms with E-state index in [0.717, 1.165) is 30.7 Å². The first-order valence-corrected chi connectivity index (χ1v) is 7.66. The van der Waals surface area contributed by atoms with Gasteiger partial charge in [-0.3, -0.25) is 4.79 Å². The number of aryl methyl sites for hydroxylation is 3. The Morgan fingerprint density at radius 3 is 3.05 bits per heavy atom. The van der Waals surface area contributed by atoms with Crippen molar-refractivity contribution in [3.8, 4) is 0 Å². The number of aromatic nitrogens is 3. The molecule has 0 amide bonds. The SMILES string of the molecule is CCCn1nncc1C(=O)c1cc2c(s1)CCCC2. The Morgan fingerprint density at radius 1 is 1.42 bits per heavy atom. The summed E-state index contributed by atoms with van der Waals surface area (Å²) in [7, 11) is 0. The van der Waals surface area contributed by atoms with E-state index >= 15 is 0 Å². The van der Waals surface area contributed by atoms with Crippen molar-refractivity contribution in [3.05, 3.63) is 33.3 Å². The smallest absolute Gasteiger partial charge is 0.222 e. The topological polar surface area (TPSA) is 47.8 Å². The van der Waals surface area contributed by atoms with Gasteiger partial charge in [0.15, 0.2) is 0 Å². The first kappa shape index (κ1) is 12.5. The molecule has 0 saturated heterocycles. The molecule has 0 aliphatic heterocycles. The van der Waals surface area contributed by atoms with Crippen LogP contribution >= 0.6 is 11.3 Å². The molecular formula is C14H17N3OS. The second kappa shape index (κ2) is 5.25. The quantitative estimate of drug-likeness (QED) is 0.806. The maximum Gasteiger partial charge on any atom is 0.222 e. The lowest BCUT2D eigenvalue weighted by molar-refractivity contribution is 0.103. The van der Waals surface area contributed by atoms with Gasteiger partial charge in [0.05, 0.1) is 11.1 Å². The Bertz CT molecular complexity index is 576. The van der Waals surface area contributed by atoms with E-state index in [2.05, 4.69) is 23.3 Å². The van der Waals surface area contributed by atoms with Gasteiger partial charge in [-0.1, -0.05) is 12.1 Å². The van der Waals surface area contributed by atoms with Crippen LogP contribution in [-0.2, 0) is 19.4 Å². The van der Waals surface area contributed by atoms with Gasteiger partial charge in [0, 0.05) is 11.4 Å². The van der Waals surface area contributed by atoms with Crippen molar-refractivity contribution in [1.29, 1.82) is 0 Å². The molecule has 100 valence electrons. The summed E-state index contributed by atoms with van der Waals surface area (Å²) >= 11 is 1.65. The van der Waals surface area contributed by atoms with Gasteiger partial charge in [0.2, 0.25) is 5.78 Å². The van der Waals surface area contributed by atoms with Crippen molar-refractivity contribution in [2.75, 3.05) is 0 Å². The summed E-state index contributed by atoms with van der Waals surface area (Å²) in [6, 6.07) is 2.07. The fourth-order valence-electron chi connectivity index (χ4n) is 2.54. The average molecular weight is 275 g/mol. The molecule has 0 atom stereocenters. The standard InChI is InChI=1S/C14H17N3OS/c1-2-7-17-11(9-15-16-17)14(18)13-8-10-5-3-4-6-12(10)19-13/h8-9H,2-7H2,1H3. The first-order valence-electron chi connectivity index (χ1n) is 6.84. The molecule has 0 unspecified atom stereocenters. The normalized spacial score (nSPS) is 14.4. The van der Waals surface area contributed by atoms with Crippen molar-refractivity contribution < 1.29 is 4.79 Å². The molecule has 3 rings (SSSR count). The van der Waals surface area contributed by atoms with E-state index in [9.17, 15) is 4.79 Å². The van der Waals surface area contributed by atoms with Gasteiger partial charge in [-0.2, -0.15) is 0 Å². The van der Waals surface area contributed by atoms with Crippen LogP contribution in [0.2, 0.25) is 0 Å². The molecule has 0 saturated carbocycles. The molecule has 1 aliphatic carbocycles. The number of fused-ring (bicyclic) bond motifs is 1. The third kappa shape index (κ3) is 2.34. The summed E-state index contributed by atoms with van der Waals surface area (Å²) in [5, 5.41) is 7.85. The molecule has 0 radical (unpaired) electrons. The number of nitrogens with zero attached hydrogens (tertiary/aromatic N) is 3. The van der Waals surface area contributed by atoms with E-state index in [1.807, 2.05) is 0 Å². The molecule has 19 heavy (non-hydrogen) atoms. The fraction of sp³-hybridized carbons (Fsp3) is 0.500. The minimum atomic E-state index is 0.0675. The average Bonchev–Trinajstić information content (AvgIpc) is 3.04. The van der Waals surface area contributed by atoms with Crippen molar-refractivity contribution in [1.82, 2.24) is 15.0 Å². The van der Waals surface area contributed by atoms with Crippen molar-refractivity contribution >= 4 is 17.1 Å². The summed E-state index contributed by atoms with van der Waals surface area (Å²) in [6.45, 7) is 2.81. The van der Waals surface area contributed by atoms with Crippen LogP contribution in [0.5, 0.6) is 0 Å². The van der Waals surface area contributed by atoms with Crippen LogP contribution < -0.4 is 0 Å². The monoisotopic (exact) mass is 275 g/mol. The van der Waals surface area contributed by atoms with Gasteiger partial charge >= 0.3 is 0 Å². The lowest BCUT2D eigenvalue weighted by Crippen LogP contribution is -2.10. The first-order chi connectivity index (χ1) is 9.29. The highest BCUT2D eigenvalue weighted by molar-refractivity contribution is 7.14. The molecule has 5 heteroatoms. The van der Waals surface area contributed by atoms with E-state index in [0.29, 0.717) is 5.69 Å². The van der Waals surface area contributed by atoms with Gasteiger partial charge in [-0.15, -0.1) is 16.4 Å². The zero-order chi connectivity index (χ0) is 13.2. The van der Waals surface area contributed by atoms with E-state index in [-0.39, 0.29) is 5.78 Å². The Morgan fingerprint density at radius 2 is 2.26 bits per heavy atom. The molecule has 0 N–H and O–H groups in total. The maximum atomic E-state index is 12.5. The number of hydrogen-bond donors (Lipinski definition) is 0. The Labute approximate surface area is 116 Å². The summed E-state index contributed by atoms with van der Waals surface area (Å²) in [5.41, 5.74) is 1.98. The largest absolute Gasteiger partial charge is 0.286 e. The molecule has 0 fully saturated rings. The van der Waals surface area contributed by atoms with Crippen molar-refractivity contribution in [2.45, 2.75) is 45.6 Å². The second-order valence-electron chi connectivity index (χ2n) is 4.94. The van der Waals surface area contributed by atoms with E-state index < -0.39 is 0 Å². The summed E-state index contributed by atoms with van der Waals surface area (Å²) < 4.78 is 1.71. The number of hydrogen-bond acceptors (Lipinski definition) is 4. The highest BCUT2D eigenvalue weighted by atomic mass is 32.1. The van der Waals surface area contributed by atoms with Gasteiger partial charge < -0.3 is 0 Å². The molecule has 1 aliphatic rings. The van der Waals surface area contributed by atoms with Crippen LogP contribution in [0.4, 0.5) is 0 Å². The van der Waals surface area contributed by atoms with Gasteiger partial charge in [0.25, 0.3) is 0 Å². The number of carbonyl (C=O) groups is 1. The molecule has 0 spiro atoms. The highest BCUT2D eigenvalue weighted by Crippen LogP contribution is 2.30. The molecule has 2 aromatic rings. The second-order valence-corrected chi connectivity index (χ2v) is 6.07. The number of carbonyl (C=O) groups excluding carboxylic acids is 1.